The summed E-state index contributed by atoms with van der Waals surface area (Å²) in [6.07, 6.45) is 3.62. The van der Waals surface area contributed by atoms with Crippen molar-refractivity contribution in [2.45, 2.75) is 58.7 Å². The summed E-state index contributed by atoms with van der Waals surface area (Å²) in [7, 11) is 0. The molecule has 5 heteroatoms. The molecule has 2 unspecified atom stereocenters. The number of nitrogens with one attached hydrogen (secondary N) is 1. The average Bonchev–Trinajstić information content (AvgIpc) is 2.76. The Morgan fingerprint density at radius 3 is 2.89 bits per heavy atom. The summed E-state index contributed by atoms with van der Waals surface area (Å²) in [4.78, 5) is 6.79. The number of aryl methyl sites for hydroxylation is 1. The fraction of sp³-hybridized carbons (Fsp3) is 0.846. The highest BCUT2D eigenvalue weighted by Crippen LogP contribution is 2.15. The van der Waals surface area contributed by atoms with Crippen molar-refractivity contribution in [3.63, 3.8) is 0 Å². The molecule has 0 spiro atoms. The van der Waals surface area contributed by atoms with Gasteiger partial charge in [-0.2, -0.15) is 4.98 Å². The molecular weight excluding hydrogens is 228 g/mol. The maximum atomic E-state index is 5.05. The SMILES string of the molecule is CCCC1CN(Cc2noc(C)n2)C(CC)CN1. The number of piperazine rings is 1. The number of hydrogen-bond acceptors (Lipinski definition) is 5. The molecule has 0 saturated carbocycles. The number of rotatable bonds is 5. The van der Waals surface area contributed by atoms with Crippen LogP contribution in [0, 0.1) is 6.92 Å². The number of hydrogen-bond donors (Lipinski definition) is 1. The minimum atomic E-state index is 0.580. The fourth-order valence-corrected chi connectivity index (χ4v) is 2.65. The van der Waals surface area contributed by atoms with Crippen LogP contribution in [0.1, 0.15) is 44.8 Å². The van der Waals surface area contributed by atoms with E-state index in [1.54, 1.807) is 0 Å². The summed E-state index contributed by atoms with van der Waals surface area (Å²) in [5.74, 6) is 1.46. The van der Waals surface area contributed by atoms with Crippen molar-refractivity contribution in [2.75, 3.05) is 13.1 Å². The van der Waals surface area contributed by atoms with Gasteiger partial charge in [-0.25, -0.2) is 0 Å². The third-order valence-corrected chi connectivity index (χ3v) is 3.64. The zero-order chi connectivity index (χ0) is 13.0. The molecule has 1 aromatic rings. The molecule has 1 fully saturated rings. The van der Waals surface area contributed by atoms with Gasteiger partial charge in [0.1, 0.15) is 0 Å². The first kappa shape index (κ1) is 13.5. The predicted molar refractivity (Wildman–Crippen MR) is 70.2 cm³/mol. The van der Waals surface area contributed by atoms with Gasteiger partial charge < -0.3 is 9.84 Å². The quantitative estimate of drug-likeness (QED) is 0.865. The van der Waals surface area contributed by atoms with Crippen LogP contribution in [-0.2, 0) is 6.54 Å². The van der Waals surface area contributed by atoms with Gasteiger partial charge >= 0.3 is 0 Å². The highest BCUT2D eigenvalue weighted by molar-refractivity contribution is 4.90. The van der Waals surface area contributed by atoms with E-state index in [0.29, 0.717) is 18.0 Å². The lowest BCUT2D eigenvalue weighted by Crippen LogP contribution is -2.55. The minimum Gasteiger partial charge on any atom is -0.340 e. The molecule has 0 aliphatic carbocycles. The Morgan fingerprint density at radius 1 is 1.44 bits per heavy atom. The first-order chi connectivity index (χ1) is 8.72. The smallest absolute Gasteiger partial charge is 0.223 e. The summed E-state index contributed by atoms with van der Waals surface area (Å²) >= 11 is 0. The van der Waals surface area contributed by atoms with Crippen molar-refractivity contribution < 1.29 is 4.52 Å². The molecule has 18 heavy (non-hydrogen) atoms. The van der Waals surface area contributed by atoms with E-state index in [-0.39, 0.29) is 0 Å². The summed E-state index contributed by atoms with van der Waals surface area (Å²) in [5, 5.41) is 7.64. The Hall–Kier alpha value is -0.940. The van der Waals surface area contributed by atoms with E-state index >= 15 is 0 Å². The topological polar surface area (TPSA) is 54.2 Å². The molecule has 0 amide bonds. The van der Waals surface area contributed by atoms with E-state index in [0.717, 1.165) is 31.9 Å². The van der Waals surface area contributed by atoms with E-state index in [1.165, 1.54) is 12.8 Å². The third kappa shape index (κ3) is 3.29. The van der Waals surface area contributed by atoms with Gasteiger partial charge in [-0.3, -0.25) is 4.90 Å². The average molecular weight is 252 g/mol. The van der Waals surface area contributed by atoms with Crippen molar-refractivity contribution in [1.82, 2.24) is 20.4 Å². The second-order valence-electron chi connectivity index (χ2n) is 5.11. The molecule has 1 N–H and O–H groups in total. The molecule has 1 aromatic heterocycles. The lowest BCUT2D eigenvalue weighted by Gasteiger charge is -2.39. The van der Waals surface area contributed by atoms with Crippen LogP contribution in [0.2, 0.25) is 0 Å². The van der Waals surface area contributed by atoms with Crippen molar-refractivity contribution in [2.24, 2.45) is 0 Å². The van der Waals surface area contributed by atoms with E-state index in [4.69, 9.17) is 4.52 Å². The molecule has 102 valence electrons. The molecule has 5 nitrogen and oxygen atoms in total. The van der Waals surface area contributed by atoms with Gasteiger partial charge in [0.2, 0.25) is 5.89 Å². The van der Waals surface area contributed by atoms with Crippen LogP contribution in [0.4, 0.5) is 0 Å². The largest absolute Gasteiger partial charge is 0.340 e. The Morgan fingerprint density at radius 2 is 2.28 bits per heavy atom. The minimum absolute atomic E-state index is 0.580. The zero-order valence-corrected chi connectivity index (χ0v) is 11.6. The van der Waals surface area contributed by atoms with Gasteiger partial charge in [0.15, 0.2) is 5.82 Å². The second-order valence-corrected chi connectivity index (χ2v) is 5.11. The van der Waals surface area contributed by atoms with Gasteiger partial charge in [-0.1, -0.05) is 25.4 Å². The van der Waals surface area contributed by atoms with Crippen LogP contribution in [0.5, 0.6) is 0 Å². The molecular formula is C13H24N4O. The van der Waals surface area contributed by atoms with E-state index < -0.39 is 0 Å². The summed E-state index contributed by atoms with van der Waals surface area (Å²) in [5.41, 5.74) is 0. The van der Waals surface area contributed by atoms with Crippen LogP contribution < -0.4 is 5.32 Å². The summed E-state index contributed by atoms with van der Waals surface area (Å²) < 4.78 is 5.05. The third-order valence-electron chi connectivity index (χ3n) is 3.64. The molecule has 2 rings (SSSR count). The predicted octanol–water partition coefficient (Wildman–Crippen LogP) is 1.73. The van der Waals surface area contributed by atoms with Gasteiger partial charge in [-0.05, 0) is 12.8 Å². The van der Waals surface area contributed by atoms with Crippen molar-refractivity contribution in [1.29, 1.82) is 0 Å². The van der Waals surface area contributed by atoms with Crippen molar-refractivity contribution in [3.8, 4) is 0 Å². The Balaban J connectivity index is 1.97. The summed E-state index contributed by atoms with van der Waals surface area (Å²) in [6, 6.07) is 1.18. The van der Waals surface area contributed by atoms with Crippen LogP contribution in [0.25, 0.3) is 0 Å². The highest BCUT2D eigenvalue weighted by Gasteiger charge is 2.27. The van der Waals surface area contributed by atoms with Gasteiger partial charge in [-0.15, -0.1) is 0 Å². The van der Waals surface area contributed by atoms with E-state index in [2.05, 4.69) is 34.2 Å². The Labute approximate surface area is 109 Å². The lowest BCUT2D eigenvalue weighted by atomic mass is 10.0. The molecule has 0 aromatic carbocycles. The fourth-order valence-electron chi connectivity index (χ4n) is 2.65. The van der Waals surface area contributed by atoms with E-state index in [9.17, 15) is 0 Å². The molecule has 1 aliphatic heterocycles. The lowest BCUT2D eigenvalue weighted by molar-refractivity contribution is 0.111. The van der Waals surface area contributed by atoms with Crippen LogP contribution in [0.15, 0.2) is 4.52 Å². The van der Waals surface area contributed by atoms with E-state index in [1.807, 2.05) is 6.92 Å². The number of aromatic nitrogens is 2. The monoisotopic (exact) mass is 252 g/mol. The molecule has 2 atom stereocenters. The first-order valence-electron chi connectivity index (χ1n) is 6.99. The molecule has 1 saturated heterocycles. The van der Waals surface area contributed by atoms with Crippen LogP contribution in [-0.4, -0.2) is 40.2 Å². The maximum Gasteiger partial charge on any atom is 0.223 e. The molecule has 0 bridgehead atoms. The Bertz CT molecular complexity index is 366. The molecule has 1 aliphatic rings. The normalized spacial score (nSPS) is 25.5. The van der Waals surface area contributed by atoms with Crippen LogP contribution >= 0.6 is 0 Å². The van der Waals surface area contributed by atoms with Gasteiger partial charge in [0.05, 0.1) is 6.54 Å². The Kier molecular flexibility index (Phi) is 4.72. The standard InChI is InChI=1S/C13H24N4O/c1-4-6-11-8-17(12(5-2)7-14-11)9-13-15-10(3)18-16-13/h11-12,14H,4-9H2,1-3H3. The van der Waals surface area contributed by atoms with Gasteiger partial charge in [0, 0.05) is 32.1 Å². The second kappa shape index (κ2) is 6.29. The zero-order valence-electron chi connectivity index (χ0n) is 11.6. The molecule has 0 radical (unpaired) electrons. The number of nitrogens with zero attached hydrogens (tertiary/aromatic N) is 3. The van der Waals surface area contributed by atoms with Crippen molar-refractivity contribution >= 4 is 0 Å². The van der Waals surface area contributed by atoms with Gasteiger partial charge in [0.25, 0.3) is 0 Å². The van der Waals surface area contributed by atoms with Crippen molar-refractivity contribution in [3.05, 3.63) is 11.7 Å². The maximum absolute atomic E-state index is 5.05. The summed E-state index contributed by atoms with van der Waals surface area (Å²) in [6.45, 7) is 9.27. The first-order valence-corrected chi connectivity index (χ1v) is 6.99. The molecule has 2 heterocycles. The van der Waals surface area contributed by atoms with Crippen LogP contribution in [0.3, 0.4) is 0 Å². The highest BCUT2D eigenvalue weighted by atomic mass is 16.5.